The molecule has 4 atom stereocenters. The van der Waals surface area contributed by atoms with Gasteiger partial charge in [0.05, 0.1) is 0 Å². The number of carbonyl (C=O) groups excluding carboxylic acids is 4. The van der Waals surface area contributed by atoms with Gasteiger partial charge in [-0.1, -0.05) is 0 Å². The summed E-state index contributed by atoms with van der Waals surface area (Å²) >= 11 is 0. The molecule has 0 saturated heterocycles. The fraction of sp³-hybridized carbons (Fsp3) is 0.733. The monoisotopic (exact) mass is 348 g/mol. The second kappa shape index (κ2) is 10.6. The minimum Gasteiger partial charge on any atom is -0.463 e. The Bertz CT molecular complexity index is 460. The van der Waals surface area contributed by atoms with Crippen molar-refractivity contribution >= 4 is 23.9 Å². The summed E-state index contributed by atoms with van der Waals surface area (Å²) in [6.07, 6.45) is -4.15. The zero-order valence-corrected chi connectivity index (χ0v) is 14.7. The van der Waals surface area contributed by atoms with Crippen LogP contribution in [0.4, 0.5) is 0 Å². The molecule has 0 N–H and O–H groups in total. The maximum Gasteiger partial charge on any atom is 0.303 e. The highest BCUT2D eigenvalue weighted by Gasteiger charge is 2.40. The minimum absolute atomic E-state index is 0.242. The Hall–Kier alpha value is -2.16. The third kappa shape index (κ3) is 8.47. The molecule has 9 heteroatoms. The topological polar surface area (TPSA) is 114 Å². The third-order valence-electron chi connectivity index (χ3n) is 2.86. The van der Waals surface area contributed by atoms with Crippen LogP contribution in [0.1, 0.15) is 34.6 Å². The molecular formula is C15H24O9. The number of hydrogen-bond acceptors (Lipinski definition) is 9. The lowest BCUT2D eigenvalue weighted by molar-refractivity contribution is -0.197. The summed E-state index contributed by atoms with van der Waals surface area (Å²) in [5.74, 6) is -2.50. The molecule has 0 amide bonds. The normalized spacial score (nSPS) is 15.4. The first-order valence-corrected chi connectivity index (χ1v) is 7.26. The van der Waals surface area contributed by atoms with E-state index in [-0.39, 0.29) is 6.61 Å². The maximum absolute atomic E-state index is 11.4. The van der Waals surface area contributed by atoms with Gasteiger partial charge < -0.3 is 23.7 Å². The van der Waals surface area contributed by atoms with E-state index in [2.05, 4.69) is 0 Å². The van der Waals surface area contributed by atoms with E-state index >= 15 is 0 Å². The van der Waals surface area contributed by atoms with Gasteiger partial charge in [-0.05, 0) is 6.92 Å². The Morgan fingerprint density at radius 3 is 1.58 bits per heavy atom. The molecule has 0 aliphatic carbocycles. The first-order valence-electron chi connectivity index (χ1n) is 7.26. The van der Waals surface area contributed by atoms with Crippen molar-refractivity contribution in [2.24, 2.45) is 0 Å². The molecule has 0 unspecified atom stereocenters. The van der Waals surface area contributed by atoms with Crippen molar-refractivity contribution in [3.63, 3.8) is 0 Å². The molecule has 138 valence electrons. The minimum atomic E-state index is -1.15. The smallest absolute Gasteiger partial charge is 0.303 e. The molecule has 0 fully saturated rings. The molecule has 0 bridgehead atoms. The maximum atomic E-state index is 11.4. The predicted octanol–water partition coefficient (Wildman–Crippen LogP) is 0.380. The van der Waals surface area contributed by atoms with Crippen LogP contribution >= 0.6 is 0 Å². The van der Waals surface area contributed by atoms with Crippen LogP contribution in [0.25, 0.3) is 0 Å². The van der Waals surface area contributed by atoms with Crippen molar-refractivity contribution in [2.75, 3.05) is 13.7 Å². The van der Waals surface area contributed by atoms with E-state index in [1.165, 1.54) is 27.9 Å². The first-order chi connectivity index (χ1) is 11.1. The van der Waals surface area contributed by atoms with Gasteiger partial charge in [0, 0.05) is 34.8 Å². The van der Waals surface area contributed by atoms with Crippen LogP contribution in [0.5, 0.6) is 0 Å². The van der Waals surface area contributed by atoms with E-state index in [1.54, 1.807) is 0 Å². The van der Waals surface area contributed by atoms with E-state index in [1.807, 2.05) is 0 Å². The van der Waals surface area contributed by atoms with Gasteiger partial charge in [0.2, 0.25) is 0 Å². The van der Waals surface area contributed by atoms with Crippen molar-refractivity contribution in [3.05, 3.63) is 0 Å². The van der Waals surface area contributed by atoms with Crippen molar-refractivity contribution in [1.82, 2.24) is 0 Å². The number of ether oxygens (including phenoxy) is 5. The molecule has 0 aliphatic heterocycles. The number of hydrogen-bond donors (Lipinski definition) is 0. The quantitative estimate of drug-likeness (QED) is 0.431. The van der Waals surface area contributed by atoms with Crippen LogP contribution in [0.2, 0.25) is 0 Å². The lowest BCUT2D eigenvalue weighted by Gasteiger charge is -2.33. The fourth-order valence-electron chi connectivity index (χ4n) is 1.99. The van der Waals surface area contributed by atoms with Crippen LogP contribution in [0, 0.1) is 0 Å². The van der Waals surface area contributed by atoms with Crippen LogP contribution in [-0.4, -0.2) is 62.0 Å². The Balaban J connectivity index is 5.52. The molecule has 0 aromatic carbocycles. The Morgan fingerprint density at radius 1 is 0.750 bits per heavy atom. The molecule has 0 aromatic rings. The fourth-order valence-corrected chi connectivity index (χ4v) is 1.99. The highest BCUT2D eigenvalue weighted by atomic mass is 16.6. The third-order valence-corrected chi connectivity index (χ3v) is 2.86. The molecule has 0 radical (unpaired) electrons. The van der Waals surface area contributed by atoms with Gasteiger partial charge in [-0.25, -0.2) is 0 Å². The molecule has 0 spiro atoms. The average Bonchev–Trinajstić information content (AvgIpc) is 2.42. The van der Waals surface area contributed by atoms with Crippen LogP contribution in [0.15, 0.2) is 0 Å². The Morgan fingerprint density at radius 2 is 1.21 bits per heavy atom. The molecule has 9 nitrogen and oxygen atoms in total. The van der Waals surface area contributed by atoms with Gasteiger partial charge in [0.15, 0.2) is 12.2 Å². The van der Waals surface area contributed by atoms with Gasteiger partial charge in [0.25, 0.3) is 0 Å². The first kappa shape index (κ1) is 21.8. The summed E-state index contributed by atoms with van der Waals surface area (Å²) < 4.78 is 25.4. The van der Waals surface area contributed by atoms with Gasteiger partial charge in [-0.15, -0.1) is 0 Å². The van der Waals surface area contributed by atoms with E-state index in [0.717, 1.165) is 13.8 Å². The van der Waals surface area contributed by atoms with E-state index in [0.29, 0.717) is 0 Å². The number of rotatable bonds is 9. The van der Waals surface area contributed by atoms with E-state index < -0.39 is 48.3 Å². The number of esters is 4. The zero-order valence-electron chi connectivity index (χ0n) is 14.7. The molecule has 0 aromatic heterocycles. The largest absolute Gasteiger partial charge is 0.463 e. The van der Waals surface area contributed by atoms with Gasteiger partial charge >= 0.3 is 23.9 Å². The van der Waals surface area contributed by atoms with Gasteiger partial charge in [-0.2, -0.15) is 0 Å². The highest BCUT2D eigenvalue weighted by Crippen LogP contribution is 2.19. The summed E-state index contributed by atoms with van der Waals surface area (Å²) in [7, 11) is 1.31. The lowest BCUT2D eigenvalue weighted by Crippen LogP contribution is -2.51. The summed E-state index contributed by atoms with van der Waals surface area (Å²) in [6, 6.07) is 0. The highest BCUT2D eigenvalue weighted by molar-refractivity contribution is 5.68. The molecular weight excluding hydrogens is 324 g/mol. The molecule has 0 saturated carbocycles. The van der Waals surface area contributed by atoms with Crippen molar-refractivity contribution in [1.29, 1.82) is 0 Å². The standard InChI is InChI=1S/C15H24O9/c1-8(22-10(3)17)14(23-11(4)18)15(24-12(5)19)13(20-6)7-21-9(2)16/h8,13-15H,7H2,1-6H3/t8-,13+,14+,15-/m0/s1. The van der Waals surface area contributed by atoms with Crippen molar-refractivity contribution < 1.29 is 42.9 Å². The summed E-state index contributed by atoms with van der Waals surface area (Å²) in [5.41, 5.74) is 0. The van der Waals surface area contributed by atoms with Gasteiger partial charge in [-0.3, -0.25) is 19.2 Å². The average molecular weight is 348 g/mol. The lowest BCUT2D eigenvalue weighted by atomic mass is 10.0. The van der Waals surface area contributed by atoms with Gasteiger partial charge in [0.1, 0.15) is 18.8 Å². The zero-order chi connectivity index (χ0) is 18.9. The number of carbonyl (C=O) groups is 4. The second-order valence-corrected chi connectivity index (χ2v) is 5.04. The van der Waals surface area contributed by atoms with Crippen LogP contribution in [-0.2, 0) is 42.9 Å². The SMILES string of the molecule is CO[C@H](COC(C)=O)[C@H](OC(C)=O)[C@H](OC(C)=O)[C@H](C)OC(C)=O. The second-order valence-electron chi connectivity index (χ2n) is 5.04. The predicted molar refractivity (Wildman–Crippen MR) is 79.8 cm³/mol. The molecule has 0 aliphatic rings. The van der Waals surface area contributed by atoms with Crippen LogP contribution < -0.4 is 0 Å². The Labute approximate surface area is 140 Å². The summed E-state index contributed by atoms with van der Waals surface area (Å²) in [4.78, 5) is 45.0. The van der Waals surface area contributed by atoms with E-state index in [4.69, 9.17) is 23.7 Å². The van der Waals surface area contributed by atoms with Crippen LogP contribution in [0.3, 0.4) is 0 Å². The molecule has 0 rings (SSSR count). The van der Waals surface area contributed by atoms with Crippen molar-refractivity contribution in [3.8, 4) is 0 Å². The summed E-state index contributed by atoms with van der Waals surface area (Å²) in [5, 5.41) is 0. The van der Waals surface area contributed by atoms with Crippen molar-refractivity contribution in [2.45, 2.75) is 59.0 Å². The Kier molecular flexibility index (Phi) is 9.63. The number of methoxy groups -OCH3 is 1. The molecule has 24 heavy (non-hydrogen) atoms. The summed E-state index contributed by atoms with van der Waals surface area (Å²) in [6.45, 7) is 5.95. The molecule has 0 heterocycles. The van der Waals surface area contributed by atoms with E-state index in [9.17, 15) is 19.2 Å².